The number of ether oxygens (including phenoxy) is 2. The second-order valence-corrected chi connectivity index (χ2v) is 14.0. The summed E-state index contributed by atoms with van der Waals surface area (Å²) < 4.78 is 19.1. The molecule has 2 aromatic heterocycles. The predicted octanol–water partition coefficient (Wildman–Crippen LogP) is 6.87. The highest BCUT2D eigenvalue weighted by Crippen LogP contribution is 2.54. The van der Waals surface area contributed by atoms with Gasteiger partial charge in [-0.05, 0) is 119 Å². The van der Waals surface area contributed by atoms with E-state index in [1.807, 2.05) is 37.7 Å². The molecular formula is C30H41BrClN5O4. The fourth-order valence-electron chi connectivity index (χ4n) is 6.40. The fourth-order valence-corrected chi connectivity index (χ4v) is 7.53. The lowest BCUT2D eigenvalue weighted by Gasteiger charge is -2.51. The first kappa shape index (κ1) is 30.4. The number of aromatic nitrogens is 4. The highest BCUT2D eigenvalue weighted by molar-refractivity contribution is 9.10. The lowest BCUT2D eigenvalue weighted by molar-refractivity contribution is -0.138. The molecule has 1 aromatic carbocycles. The monoisotopic (exact) mass is 649 g/mol. The molecule has 6 rings (SSSR count). The number of carbonyl (C=O) groups is 1. The van der Waals surface area contributed by atoms with Crippen LogP contribution in [0.4, 0.5) is 0 Å². The number of rotatable bonds is 6. The Morgan fingerprint density at radius 3 is 2.71 bits per heavy atom. The second-order valence-electron chi connectivity index (χ2n) is 12.8. The summed E-state index contributed by atoms with van der Waals surface area (Å²) >= 11 is 10.5. The number of benzene rings is 1. The zero-order valence-corrected chi connectivity index (χ0v) is 26.8. The first-order chi connectivity index (χ1) is 19.6. The van der Waals surface area contributed by atoms with Crippen molar-refractivity contribution in [2.24, 2.45) is 5.41 Å². The Kier molecular flexibility index (Phi) is 9.43. The molecule has 1 saturated carbocycles. The van der Waals surface area contributed by atoms with Crippen LogP contribution in [0.15, 0.2) is 21.3 Å². The van der Waals surface area contributed by atoms with E-state index in [2.05, 4.69) is 42.9 Å². The molecule has 2 aliphatic heterocycles. The summed E-state index contributed by atoms with van der Waals surface area (Å²) in [7, 11) is 2.23. The number of aryl methyl sites for hydroxylation is 1. The first-order valence-electron chi connectivity index (χ1n) is 14.7. The Morgan fingerprint density at radius 2 is 2.05 bits per heavy atom. The van der Waals surface area contributed by atoms with Gasteiger partial charge in [-0.1, -0.05) is 16.8 Å². The normalized spacial score (nSPS) is 25.0. The number of carbonyl (C=O) groups excluding carboxylic acids is 1. The summed E-state index contributed by atoms with van der Waals surface area (Å²) in [5.74, 6) is 2.00. The van der Waals surface area contributed by atoms with Gasteiger partial charge in [0.1, 0.15) is 5.60 Å². The van der Waals surface area contributed by atoms with E-state index < -0.39 is 0 Å². The minimum atomic E-state index is -0.318. The third-order valence-electron chi connectivity index (χ3n) is 8.37. The van der Waals surface area contributed by atoms with Crippen molar-refractivity contribution >= 4 is 44.9 Å². The molecule has 0 N–H and O–H groups in total. The zero-order chi connectivity index (χ0) is 29.2. The Hall–Kier alpha value is -2.01. The van der Waals surface area contributed by atoms with Crippen LogP contribution in [0.2, 0.25) is 5.02 Å². The van der Waals surface area contributed by atoms with E-state index in [-0.39, 0.29) is 11.8 Å². The standard InChI is InChI=1S/C25H31BrClN5O2.C5H10O2/c1-31-9-4-8-25(15-31)12-16(13-25)24-29-21(34-30-24)7-6-17-19(27)11-20-18(23(17)26)14-28-32(20)22-5-2-3-10-33-22;1-5(2,3)7-4-6/h11,14,16,22H,2-10,12-13,15H2,1H3;4H,1-3H3. The lowest BCUT2D eigenvalue weighted by atomic mass is 9.58. The molecule has 1 spiro atoms. The van der Waals surface area contributed by atoms with Crippen molar-refractivity contribution in [3.05, 3.63) is 39.0 Å². The molecule has 1 aliphatic carbocycles. The van der Waals surface area contributed by atoms with Gasteiger partial charge in [-0.2, -0.15) is 10.1 Å². The van der Waals surface area contributed by atoms with Gasteiger partial charge in [-0.15, -0.1) is 0 Å². The van der Waals surface area contributed by atoms with Crippen LogP contribution in [0.5, 0.6) is 0 Å². The third kappa shape index (κ3) is 7.14. The summed E-state index contributed by atoms with van der Waals surface area (Å²) in [6, 6.07) is 2.01. The van der Waals surface area contributed by atoms with Crippen LogP contribution < -0.4 is 0 Å². The number of likely N-dealkylation sites (tertiary alicyclic amines) is 1. The number of hydrogen-bond acceptors (Lipinski definition) is 8. The van der Waals surface area contributed by atoms with Crippen LogP contribution in [-0.2, 0) is 27.1 Å². The van der Waals surface area contributed by atoms with E-state index in [1.165, 1.54) is 38.8 Å². The van der Waals surface area contributed by atoms with E-state index in [0.717, 1.165) is 64.1 Å². The van der Waals surface area contributed by atoms with E-state index in [0.29, 0.717) is 30.1 Å². The highest BCUT2D eigenvalue weighted by atomic mass is 79.9. The minimum absolute atomic E-state index is 0.0171. The molecule has 4 heterocycles. The van der Waals surface area contributed by atoms with Gasteiger partial charge in [-0.3, -0.25) is 4.79 Å². The molecule has 0 amide bonds. The quantitative estimate of drug-likeness (QED) is 0.267. The van der Waals surface area contributed by atoms with E-state index in [9.17, 15) is 4.79 Å². The Bertz CT molecular complexity index is 1340. The van der Waals surface area contributed by atoms with E-state index in [1.54, 1.807) is 0 Å². The van der Waals surface area contributed by atoms with E-state index >= 15 is 0 Å². The number of hydrogen-bond donors (Lipinski definition) is 0. The van der Waals surface area contributed by atoms with Gasteiger partial charge in [-0.25, -0.2) is 4.68 Å². The second kappa shape index (κ2) is 12.7. The van der Waals surface area contributed by atoms with E-state index in [4.69, 9.17) is 25.8 Å². The average Bonchev–Trinajstić information content (AvgIpc) is 3.55. The maximum atomic E-state index is 9.60. The number of nitrogens with zero attached hydrogens (tertiary/aromatic N) is 5. The highest BCUT2D eigenvalue weighted by Gasteiger charge is 2.48. The molecule has 1 unspecified atom stereocenters. The maximum absolute atomic E-state index is 9.60. The lowest BCUT2D eigenvalue weighted by Crippen LogP contribution is -2.48. The summed E-state index contributed by atoms with van der Waals surface area (Å²) in [6.45, 7) is 9.12. The van der Waals surface area contributed by atoms with Gasteiger partial charge >= 0.3 is 0 Å². The van der Waals surface area contributed by atoms with Crippen LogP contribution in [0.1, 0.15) is 95.1 Å². The molecule has 9 nitrogen and oxygen atoms in total. The molecule has 0 radical (unpaired) electrons. The van der Waals surface area contributed by atoms with Crippen LogP contribution in [0.25, 0.3) is 10.9 Å². The topological polar surface area (TPSA) is 95.5 Å². The van der Waals surface area contributed by atoms with Gasteiger partial charge in [0.25, 0.3) is 6.47 Å². The minimum Gasteiger partial charge on any atom is -0.462 e. The van der Waals surface area contributed by atoms with Gasteiger partial charge in [0.2, 0.25) is 5.89 Å². The first-order valence-corrected chi connectivity index (χ1v) is 15.8. The van der Waals surface area contributed by atoms with Crippen molar-refractivity contribution in [1.82, 2.24) is 24.8 Å². The van der Waals surface area contributed by atoms with Crippen molar-refractivity contribution in [3.63, 3.8) is 0 Å². The van der Waals surface area contributed by atoms with Crippen molar-refractivity contribution in [3.8, 4) is 0 Å². The van der Waals surface area contributed by atoms with Crippen LogP contribution >= 0.6 is 27.5 Å². The summed E-state index contributed by atoms with van der Waals surface area (Å²) in [5.41, 5.74) is 2.20. The summed E-state index contributed by atoms with van der Waals surface area (Å²) in [5, 5.41) is 10.7. The van der Waals surface area contributed by atoms with Crippen LogP contribution in [0, 0.1) is 5.41 Å². The molecule has 1 atom stereocenters. The fraction of sp³-hybridized carbons (Fsp3) is 0.667. The van der Waals surface area contributed by atoms with Gasteiger partial charge < -0.3 is 18.9 Å². The Labute approximate surface area is 255 Å². The molecule has 3 aromatic rings. The number of fused-ring (bicyclic) bond motifs is 1. The predicted molar refractivity (Wildman–Crippen MR) is 161 cm³/mol. The van der Waals surface area contributed by atoms with Gasteiger partial charge in [0, 0.05) is 40.4 Å². The molecule has 224 valence electrons. The van der Waals surface area contributed by atoms with Crippen molar-refractivity contribution in [2.45, 2.75) is 96.3 Å². The summed E-state index contributed by atoms with van der Waals surface area (Å²) in [6.07, 6.45) is 11.5. The summed E-state index contributed by atoms with van der Waals surface area (Å²) in [4.78, 5) is 16.8. The molecule has 3 aliphatic rings. The van der Waals surface area contributed by atoms with Gasteiger partial charge in [0.15, 0.2) is 12.1 Å². The van der Waals surface area contributed by atoms with Crippen molar-refractivity contribution in [2.75, 3.05) is 26.7 Å². The Balaban J connectivity index is 0.000000431. The average molecular weight is 651 g/mol. The Morgan fingerprint density at radius 1 is 1.24 bits per heavy atom. The molecule has 41 heavy (non-hydrogen) atoms. The zero-order valence-electron chi connectivity index (χ0n) is 24.5. The smallest absolute Gasteiger partial charge is 0.293 e. The van der Waals surface area contributed by atoms with Crippen molar-refractivity contribution < 1.29 is 18.8 Å². The largest absolute Gasteiger partial charge is 0.462 e. The number of halogens is 2. The molecule has 11 heteroatoms. The molecule has 0 bridgehead atoms. The SMILES string of the molecule is CC(C)(C)OC=O.CN1CCCC2(CC(c3noc(CCc4c(Cl)cc5c(cnn5C5CCCCO5)c4Br)n3)C2)C1. The van der Waals surface area contributed by atoms with Crippen LogP contribution in [-0.4, -0.2) is 63.6 Å². The third-order valence-corrected chi connectivity index (χ3v) is 9.61. The van der Waals surface area contributed by atoms with Crippen LogP contribution in [0.3, 0.4) is 0 Å². The van der Waals surface area contributed by atoms with Crippen molar-refractivity contribution in [1.29, 1.82) is 0 Å². The van der Waals surface area contributed by atoms with Gasteiger partial charge in [0.05, 0.1) is 11.7 Å². The molecule has 2 saturated heterocycles. The molecule has 3 fully saturated rings. The molecular weight excluding hydrogens is 610 g/mol. The maximum Gasteiger partial charge on any atom is 0.293 e. The number of piperidine rings is 1.